The fourth-order valence-corrected chi connectivity index (χ4v) is 3.31. The summed E-state index contributed by atoms with van der Waals surface area (Å²) in [7, 11) is 0. The van der Waals surface area contributed by atoms with E-state index in [-0.39, 0.29) is 24.9 Å². The van der Waals surface area contributed by atoms with Gasteiger partial charge >= 0.3 is 5.97 Å². The van der Waals surface area contributed by atoms with Gasteiger partial charge in [-0.1, -0.05) is 24.3 Å². The minimum Gasteiger partial charge on any atom is -0.456 e. The molecule has 1 N–H and O–H groups in total. The van der Waals surface area contributed by atoms with Crippen LogP contribution in [0, 0.1) is 0 Å². The Labute approximate surface area is 150 Å². The molecule has 5 nitrogen and oxygen atoms in total. The zero-order valence-corrected chi connectivity index (χ0v) is 14.6. The van der Waals surface area contributed by atoms with Crippen LogP contribution in [-0.4, -0.2) is 29.6 Å². The molecule has 2 heterocycles. The molecule has 1 aromatic carbocycles. The van der Waals surface area contributed by atoms with Gasteiger partial charge in [0.2, 0.25) is 0 Å². The molecule has 0 atom stereocenters. The normalized spacial score (nSPS) is 10.7. The maximum atomic E-state index is 11.8. The highest BCUT2D eigenvalue weighted by Gasteiger charge is 2.08. The van der Waals surface area contributed by atoms with Gasteiger partial charge in [0.15, 0.2) is 6.61 Å². The van der Waals surface area contributed by atoms with E-state index >= 15 is 0 Å². The molecular weight excluding hydrogens is 336 g/mol. The SMILES string of the molecule is O=C(COC(=O)CCn1ccc2ccccc21)NCCc1cccs1. The maximum Gasteiger partial charge on any atom is 0.308 e. The number of carbonyl (C=O) groups is 2. The molecule has 0 aliphatic heterocycles. The molecule has 130 valence electrons. The first kappa shape index (κ1) is 17.2. The number of carbonyl (C=O) groups excluding carboxylic acids is 2. The van der Waals surface area contributed by atoms with Crippen molar-refractivity contribution in [1.82, 2.24) is 9.88 Å². The average Bonchev–Trinajstić information content (AvgIpc) is 3.28. The number of nitrogens with zero attached hydrogens (tertiary/aromatic N) is 1. The largest absolute Gasteiger partial charge is 0.456 e. The quantitative estimate of drug-likeness (QED) is 0.631. The number of hydrogen-bond acceptors (Lipinski definition) is 4. The van der Waals surface area contributed by atoms with Gasteiger partial charge < -0.3 is 14.6 Å². The fraction of sp³-hybridized carbons (Fsp3) is 0.263. The van der Waals surface area contributed by atoms with Crippen LogP contribution in [0.5, 0.6) is 0 Å². The van der Waals surface area contributed by atoms with Crippen molar-refractivity contribution in [3.05, 3.63) is 58.9 Å². The van der Waals surface area contributed by atoms with E-state index in [1.807, 2.05) is 58.6 Å². The summed E-state index contributed by atoms with van der Waals surface area (Å²) in [6.07, 6.45) is 2.98. The van der Waals surface area contributed by atoms with Crippen LogP contribution in [0.2, 0.25) is 0 Å². The summed E-state index contributed by atoms with van der Waals surface area (Å²) in [5, 5.41) is 5.90. The smallest absolute Gasteiger partial charge is 0.308 e. The molecule has 0 bridgehead atoms. The van der Waals surface area contributed by atoms with Gasteiger partial charge in [-0.15, -0.1) is 11.3 Å². The molecule has 0 fully saturated rings. The number of nitrogens with one attached hydrogen (secondary N) is 1. The van der Waals surface area contributed by atoms with Crippen LogP contribution in [-0.2, 0) is 27.3 Å². The molecule has 0 aliphatic rings. The Bertz CT molecular complexity index is 839. The molecule has 1 amide bonds. The van der Waals surface area contributed by atoms with E-state index in [1.54, 1.807) is 11.3 Å². The van der Waals surface area contributed by atoms with Crippen LogP contribution in [0.25, 0.3) is 10.9 Å². The summed E-state index contributed by atoms with van der Waals surface area (Å²) >= 11 is 1.66. The number of fused-ring (bicyclic) bond motifs is 1. The van der Waals surface area contributed by atoms with Gasteiger partial charge in [-0.25, -0.2) is 0 Å². The standard InChI is InChI=1S/C19H20N2O3S/c22-18(20-10-7-16-5-3-13-25-16)14-24-19(23)9-12-21-11-8-15-4-1-2-6-17(15)21/h1-6,8,11,13H,7,9-10,12,14H2,(H,20,22). The Hall–Kier alpha value is -2.60. The number of aromatic nitrogens is 1. The number of hydrogen-bond donors (Lipinski definition) is 1. The topological polar surface area (TPSA) is 60.3 Å². The monoisotopic (exact) mass is 356 g/mol. The lowest BCUT2D eigenvalue weighted by Gasteiger charge is -2.07. The Morgan fingerprint density at radius 1 is 1.12 bits per heavy atom. The average molecular weight is 356 g/mol. The second-order valence-corrected chi connectivity index (χ2v) is 6.69. The first-order valence-corrected chi connectivity index (χ1v) is 9.09. The summed E-state index contributed by atoms with van der Waals surface area (Å²) in [5.41, 5.74) is 1.08. The number of amides is 1. The second-order valence-electron chi connectivity index (χ2n) is 5.66. The molecule has 0 saturated carbocycles. The third-order valence-corrected chi connectivity index (χ3v) is 4.81. The Morgan fingerprint density at radius 2 is 2.00 bits per heavy atom. The van der Waals surface area contributed by atoms with Crippen molar-refractivity contribution >= 4 is 34.1 Å². The van der Waals surface area contributed by atoms with Crippen LogP contribution < -0.4 is 5.32 Å². The lowest BCUT2D eigenvalue weighted by molar-refractivity contribution is -0.148. The summed E-state index contributed by atoms with van der Waals surface area (Å²) in [6.45, 7) is 0.855. The minimum atomic E-state index is -0.369. The molecule has 0 saturated heterocycles. The number of rotatable bonds is 8. The minimum absolute atomic E-state index is 0.226. The molecule has 0 unspecified atom stereocenters. The third kappa shape index (κ3) is 4.93. The van der Waals surface area contributed by atoms with Crippen LogP contribution in [0.1, 0.15) is 11.3 Å². The van der Waals surface area contributed by atoms with Gasteiger partial charge in [0.05, 0.1) is 6.42 Å². The lowest BCUT2D eigenvalue weighted by Crippen LogP contribution is -2.30. The van der Waals surface area contributed by atoms with Crippen LogP contribution in [0.3, 0.4) is 0 Å². The van der Waals surface area contributed by atoms with Crippen LogP contribution in [0.15, 0.2) is 54.0 Å². The van der Waals surface area contributed by atoms with E-state index < -0.39 is 0 Å². The van der Waals surface area contributed by atoms with Crippen LogP contribution >= 0.6 is 11.3 Å². The number of para-hydroxylation sites is 1. The number of esters is 1. The summed E-state index contributed by atoms with van der Waals surface area (Å²) in [6, 6.07) is 14.0. The second kappa shape index (κ2) is 8.48. The van der Waals surface area contributed by atoms with Crippen molar-refractivity contribution < 1.29 is 14.3 Å². The van der Waals surface area contributed by atoms with Gasteiger partial charge in [-0.3, -0.25) is 9.59 Å². The number of ether oxygens (including phenoxy) is 1. The highest BCUT2D eigenvalue weighted by Crippen LogP contribution is 2.15. The van der Waals surface area contributed by atoms with E-state index in [0.29, 0.717) is 13.1 Å². The Kier molecular flexibility index (Phi) is 5.85. The zero-order valence-electron chi connectivity index (χ0n) is 13.8. The van der Waals surface area contributed by atoms with Crippen molar-refractivity contribution in [3.8, 4) is 0 Å². The summed E-state index contributed by atoms with van der Waals surface area (Å²) in [4.78, 5) is 24.7. The predicted molar refractivity (Wildman–Crippen MR) is 98.5 cm³/mol. The molecule has 0 radical (unpaired) electrons. The number of benzene rings is 1. The Morgan fingerprint density at radius 3 is 2.84 bits per heavy atom. The third-order valence-electron chi connectivity index (χ3n) is 3.87. The molecule has 25 heavy (non-hydrogen) atoms. The van der Waals surface area contributed by atoms with E-state index in [1.165, 1.54) is 4.88 Å². The van der Waals surface area contributed by atoms with Gasteiger partial charge in [0.25, 0.3) is 5.91 Å². The highest BCUT2D eigenvalue weighted by molar-refractivity contribution is 7.09. The predicted octanol–water partition coefficient (Wildman–Crippen LogP) is 3.00. The van der Waals surface area contributed by atoms with Crippen LogP contribution in [0.4, 0.5) is 0 Å². The van der Waals surface area contributed by atoms with Crippen molar-refractivity contribution in [2.75, 3.05) is 13.2 Å². The number of aryl methyl sites for hydroxylation is 1. The molecule has 3 rings (SSSR count). The number of thiophene rings is 1. The van der Waals surface area contributed by atoms with E-state index in [0.717, 1.165) is 17.3 Å². The first-order chi connectivity index (χ1) is 12.2. The van der Waals surface area contributed by atoms with Gasteiger partial charge in [-0.05, 0) is 35.4 Å². The van der Waals surface area contributed by atoms with E-state index in [4.69, 9.17) is 4.74 Å². The van der Waals surface area contributed by atoms with Gasteiger partial charge in [-0.2, -0.15) is 0 Å². The van der Waals surface area contributed by atoms with Crippen molar-refractivity contribution in [2.45, 2.75) is 19.4 Å². The highest BCUT2D eigenvalue weighted by atomic mass is 32.1. The molecule has 3 aromatic rings. The maximum absolute atomic E-state index is 11.8. The van der Waals surface area contributed by atoms with Crippen molar-refractivity contribution in [1.29, 1.82) is 0 Å². The molecular formula is C19H20N2O3S. The lowest BCUT2D eigenvalue weighted by atomic mass is 10.2. The molecule has 0 spiro atoms. The van der Waals surface area contributed by atoms with E-state index in [2.05, 4.69) is 5.32 Å². The molecule has 6 heteroatoms. The van der Waals surface area contributed by atoms with E-state index in [9.17, 15) is 9.59 Å². The molecule has 2 aromatic heterocycles. The summed E-state index contributed by atoms with van der Waals surface area (Å²) in [5.74, 6) is -0.637. The summed E-state index contributed by atoms with van der Waals surface area (Å²) < 4.78 is 7.05. The molecule has 0 aliphatic carbocycles. The Balaban J connectivity index is 1.35. The fourth-order valence-electron chi connectivity index (χ4n) is 2.60. The van der Waals surface area contributed by atoms with Crippen molar-refractivity contribution in [3.63, 3.8) is 0 Å². The van der Waals surface area contributed by atoms with Gasteiger partial charge in [0.1, 0.15) is 0 Å². The zero-order chi connectivity index (χ0) is 17.5. The van der Waals surface area contributed by atoms with Gasteiger partial charge in [0, 0.05) is 29.7 Å². The van der Waals surface area contributed by atoms with Crippen molar-refractivity contribution in [2.24, 2.45) is 0 Å². The first-order valence-electron chi connectivity index (χ1n) is 8.21.